The predicted molar refractivity (Wildman–Crippen MR) is 38.7 cm³/mol. The molecule has 0 aliphatic heterocycles. The monoisotopic (exact) mass is 195 g/mol. The molecule has 0 spiro atoms. The van der Waals surface area contributed by atoms with Gasteiger partial charge in [-0.3, -0.25) is 9.78 Å². The summed E-state index contributed by atoms with van der Waals surface area (Å²) in [6.07, 6.45) is -2.87. The highest BCUT2D eigenvalue weighted by Crippen LogP contribution is 2.30. The zero-order chi connectivity index (χ0) is 9.30. The van der Waals surface area contributed by atoms with Gasteiger partial charge in [-0.1, -0.05) is 11.6 Å². The maximum Gasteiger partial charge on any atom is 0.265 e. The molecule has 0 saturated heterocycles. The fraction of sp³-hybridized carbons (Fsp3) is 0.167. The van der Waals surface area contributed by atoms with Gasteiger partial charge >= 0.3 is 0 Å². The Balaban J connectivity index is 3.38. The molecular formula is C6H4ClF2NO2. The van der Waals surface area contributed by atoms with Crippen LogP contribution in [0.4, 0.5) is 8.78 Å². The Hall–Kier alpha value is -1.10. The standard InChI is InChI=1S/C6H4ClF2NO2/c7-4-2(5(8)9)1-3(11)10-6(4)12/h1,5H,(H2,10,11,12). The van der Waals surface area contributed by atoms with E-state index in [4.69, 9.17) is 16.7 Å². The van der Waals surface area contributed by atoms with E-state index in [-0.39, 0.29) is 0 Å². The third-order valence-corrected chi connectivity index (χ3v) is 1.62. The van der Waals surface area contributed by atoms with Crippen LogP contribution in [0.15, 0.2) is 10.9 Å². The van der Waals surface area contributed by atoms with Crippen LogP contribution in [0.5, 0.6) is 5.88 Å². The van der Waals surface area contributed by atoms with E-state index >= 15 is 0 Å². The summed E-state index contributed by atoms with van der Waals surface area (Å²) < 4.78 is 24.1. The van der Waals surface area contributed by atoms with Gasteiger partial charge < -0.3 is 5.11 Å². The van der Waals surface area contributed by atoms with Crippen molar-refractivity contribution in [3.05, 3.63) is 27.0 Å². The first-order valence-electron chi connectivity index (χ1n) is 2.92. The molecule has 0 fully saturated rings. The Morgan fingerprint density at radius 1 is 1.58 bits per heavy atom. The summed E-state index contributed by atoms with van der Waals surface area (Å²) in [7, 11) is 0. The van der Waals surface area contributed by atoms with E-state index < -0.39 is 28.5 Å². The van der Waals surface area contributed by atoms with Gasteiger partial charge in [0.1, 0.15) is 5.02 Å². The van der Waals surface area contributed by atoms with Crippen molar-refractivity contribution in [3.8, 4) is 5.88 Å². The van der Waals surface area contributed by atoms with Crippen molar-refractivity contribution in [1.29, 1.82) is 0 Å². The van der Waals surface area contributed by atoms with Crippen LogP contribution in [-0.2, 0) is 0 Å². The van der Waals surface area contributed by atoms with E-state index in [1.165, 1.54) is 0 Å². The number of nitrogens with one attached hydrogen (secondary N) is 1. The van der Waals surface area contributed by atoms with Crippen molar-refractivity contribution >= 4 is 11.6 Å². The average molecular weight is 196 g/mol. The third kappa shape index (κ3) is 1.55. The van der Waals surface area contributed by atoms with Crippen molar-refractivity contribution in [1.82, 2.24) is 4.98 Å². The number of aromatic nitrogens is 1. The lowest BCUT2D eigenvalue weighted by Crippen LogP contribution is -2.06. The van der Waals surface area contributed by atoms with Crippen molar-refractivity contribution in [2.45, 2.75) is 6.43 Å². The summed E-state index contributed by atoms with van der Waals surface area (Å²) in [5, 5.41) is 8.29. The van der Waals surface area contributed by atoms with Crippen molar-refractivity contribution in [2.24, 2.45) is 0 Å². The van der Waals surface area contributed by atoms with E-state index in [9.17, 15) is 13.6 Å². The van der Waals surface area contributed by atoms with E-state index in [1.807, 2.05) is 4.98 Å². The molecule has 6 heteroatoms. The third-order valence-electron chi connectivity index (χ3n) is 1.22. The summed E-state index contributed by atoms with van der Waals surface area (Å²) in [5.41, 5.74) is -1.48. The van der Waals surface area contributed by atoms with Crippen LogP contribution in [0.25, 0.3) is 0 Å². The molecule has 1 aromatic rings. The number of H-pyrrole nitrogens is 1. The lowest BCUT2D eigenvalue weighted by Gasteiger charge is -2.02. The maximum atomic E-state index is 12.0. The zero-order valence-electron chi connectivity index (χ0n) is 5.64. The molecule has 66 valence electrons. The van der Waals surface area contributed by atoms with Crippen LogP contribution >= 0.6 is 11.6 Å². The molecule has 12 heavy (non-hydrogen) atoms. The molecule has 1 rings (SSSR count). The van der Waals surface area contributed by atoms with Crippen LogP contribution in [-0.4, -0.2) is 10.1 Å². The van der Waals surface area contributed by atoms with Gasteiger partial charge in [-0.15, -0.1) is 0 Å². The normalized spacial score (nSPS) is 10.7. The molecule has 1 heterocycles. The smallest absolute Gasteiger partial charge is 0.265 e. The van der Waals surface area contributed by atoms with Gasteiger partial charge in [-0.05, 0) is 0 Å². The van der Waals surface area contributed by atoms with Crippen molar-refractivity contribution in [3.63, 3.8) is 0 Å². The average Bonchev–Trinajstić information content (AvgIpc) is 1.96. The Morgan fingerprint density at radius 2 is 2.17 bits per heavy atom. The minimum atomic E-state index is -2.87. The van der Waals surface area contributed by atoms with Gasteiger partial charge in [0.2, 0.25) is 5.88 Å². The minimum absolute atomic E-state index is 0.524. The SMILES string of the molecule is O=c1cc(C(F)F)c(Cl)c(O)[nH]1. The molecule has 0 unspecified atom stereocenters. The lowest BCUT2D eigenvalue weighted by atomic mass is 10.3. The molecule has 0 aliphatic rings. The summed E-state index contributed by atoms with van der Waals surface area (Å²) in [6, 6.07) is 0.646. The van der Waals surface area contributed by atoms with E-state index in [2.05, 4.69) is 0 Å². The zero-order valence-corrected chi connectivity index (χ0v) is 6.40. The molecule has 0 bridgehead atoms. The number of hydrogen-bond acceptors (Lipinski definition) is 2. The first-order valence-corrected chi connectivity index (χ1v) is 3.30. The topological polar surface area (TPSA) is 53.1 Å². The van der Waals surface area contributed by atoms with Gasteiger partial charge in [0.15, 0.2) is 0 Å². The highest BCUT2D eigenvalue weighted by atomic mass is 35.5. The fourth-order valence-corrected chi connectivity index (χ4v) is 0.892. The van der Waals surface area contributed by atoms with Crippen LogP contribution in [0, 0.1) is 0 Å². The first kappa shape index (κ1) is 8.99. The number of halogens is 3. The Kier molecular flexibility index (Phi) is 2.32. The summed E-state index contributed by atoms with van der Waals surface area (Å²) >= 11 is 5.26. The Labute approximate surface area is 70.6 Å². The number of rotatable bonds is 1. The van der Waals surface area contributed by atoms with Crippen molar-refractivity contribution < 1.29 is 13.9 Å². The number of aromatic hydroxyl groups is 1. The molecule has 0 amide bonds. The number of aromatic amines is 1. The number of hydrogen-bond donors (Lipinski definition) is 2. The Morgan fingerprint density at radius 3 is 2.67 bits per heavy atom. The quantitative estimate of drug-likeness (QED) is 0.716. The molecular weight excluding hydrogens is 192 g/mol. The van der Waals surface area contributed by atoms with Crippen LogP contribution < -0.4 is 5.56 Å². The highest BCUT2D eigenvalue weighted by Gasteiger charge is 2.15. The molecule has 0 radical (unpaired) electrons. The van der Waals surface area contributed by atoms with Gasteiger partial charge in [-0.25, -0.2) is 8.78 Å². The van der Waals surface area contributed by atoms with Gasteiger partial charge in [0, 0.05) is 11.6 Å². The van der Waals surface area contributed by atoms with Crippen LogP contribution in [0.1, 0.15) is 12.0 Å². The second-order valence-electron chi connectivity index (χ2n) is 2.05. The van der Waals surface area contributed by atoms with E-state index in [0.29, 0.717) is 6.07 Å². The number of pyridine rings is 1. The first-order chi connectivity index (χ1) is 5.52. The van der Waals surface area contributed by atoms with E-state index in [1.54, 1.807) is 0 Å². The molecule has 0 saturated carbocycles. The molecule has 0 atom stereocenters. The number of alkyl halides is 2. The van der Waals surface area contributed by atoms with Gasteiger partial charge in [0.05, 0.1) is 0 Å². The van der Waals surface area contributed by atoms with Gasteiger partial charge in [0.25, 0.3) is 12.0 Å². The van der Waals surface area contributed by atoms with Crippen molar-refractivity contribution in [2.75, 3.05) is 0 Å². The Bertz CT molecular complexity index is 350. The predicted octanol–water partition coefficient (Wildman–Crippen LogP) is 1.67. The lowest BCUT2D eigenvalue weighted by molar-refractivity contribution is 0.151. The minimum Gasteiger partial charge on any atom is -0.493 e. The second kappa shape index (κ2) is 3.10. The van der Waals surface area contributed by atoms with Crippen LogP contribution in [0.3, 0.4) is 0 Å². The second-order valence-corrected chi connectivity index (χ2v) is 2.43. The highest BCUT2D eigenvalue weighted by molar-refractivity contribution is 6.32. The molecule has 0 aliphatic carbocycles. The largest absolute Gasteiger partial charge is 0.493 e. The summed E-state index contributed by atoms with van der Waals surface area (Å²) in [6.45, 7) is 0. The molecule has 2 N–H and O–H groups in total. The summed E-state index contributed by atoms with van der Waals surface area (Å²) in [5.74, 6) is -0.737. The van der Waals surface area contributed by atoms with E-state index in [0.717, 1.165) is 0 Å². The molecule has 1 aromatic heterocycles. The fourth-order valence-electron chi connectivity index (χ4n) is 0.708. The molecule has 3 nitrogen and oxygen atoms in total. The summed E-state index contributed by atoms with van der Waals surface area (Å²) in [4.78, 5) is 12.4. The maximum absolute atomic E-state index is 12.0. The van der Waals surface area contributed by atoms with Gasteiger partial charge in [-0.2, -0.15) is 0 Å². The molecule has 0 aromatic carbocycles. The van der Waals surface area contributed by atoms with Crippen LogP contribution in [0.2, 0.25) is 5.02 Å².